The first-order chi connectivity index (χ1) is 13.4. The van der Waals surface area contributed by atoms with Gasteiger partial charge in [0.25, 0.3) is 0 Å². The van der Waals surface area contributed by atoms with Crippen molar-refractivity contribution in [2.75, 3.05) is 20.1 Å². The van der Waals surface area contributed by atoms with Crippen molar-refractivity contribution < 1.29 is 19.2 Å². The van der Waals surface area contributed by atoms with E-state index in [0.29, 0.717) is 38.8 Å². The van der Waals surface area contributed by atoms with Crippen LogP contribution in [-0.2, 0) is 14.4 Å². The number of primary amides is 1. The van der Waals surface area contributed by atoms with Crippen LogP contribution in [0.1, 0.15) is 64.7 Å². The van der Waals surface area contributed by atoms with Gasteiger partial charge in [-0.25, -0.2) is 4.79 Å². The van der Waals surface area contributed by atoms with E-state index in [4.69, 9.17) is 5.73 Å². The van der Waals surface area contributed by atoms with Crippen LogP contribution in [0.2, 0.25) is 0 Å². The fourth-order valence-electron chi connectivity index (χ4n) is 3.27. The van der Waals surface area contributed by atoms with Crippen molar-refractivity contribution in [3.05, 3.63) is 0 Å². The smallest absolute Gasteiger partial charge is 0.312 e. The van der Waals surface area contributed by atoms with E-state index < -0.39 is 23.4 Å². The fourth-order valence-corrected chi connectivity index (χ4v) is 3.27. The molecule has 0 bridgehead atoms. The lowest BCUT2D eigenvalue weighted by molar-refractivity contribution is -0.151. The summed E-state index contributed by atoms with van der Waals surface area (Å²) < 4.78 is 0. The van der Waals surface area contributed by atoms with Gasteiger partial charge in [0.2, 0.25) is 17.7 Å². The average Bonchev–Trinajstić information content (AvgIpc) is 2.62. The molecule has 0 aromatic carbocycles. The number of carbonyl (C=O) groups is 4. The minimum atomic E-state index is -1.08. The Hall–Kier alpha value is -2.32. The summed E-state index contributed by atoms with van der Waals surface area (Å²) in [5.41, 5.74) is 3.93. The van der Waals surface area contributed by atoms with E-state index in [9.17, 15) is 19.2 Å². The predicted octanol–water partition coefficient (Wildman–Crippen LogP) is 0.533. The van der Waals surface area contributed by atoms with Crippen LogP contribution in [0.5, 0.6) is 0 Å². The molecular formula is C19H35N5O4. The van der Waals surface area contributed by atoms with Gasteiger partial charge in [0.15, 0.2) is 0 Å². The third-order valence-corrected chi connectivity index (χ3v) is 5.23. The van der Waals surface area contributed by atoms with Crippen LogP contribution in [-0.4, -0.2) is 49.9 Å². The first-order valence-corrected chi connectivity index (χ1v) is 10.2. The first-order valence-electron chi connectivity index (χ1n) is 10.2. The van der Waals surface area contributed by atoms with Crippen molar-refractivity contribution in [3.8, 4) is 0 Å². The van der Waals surface area contributed by atoms with Gasteiger partial charge in [-0.3, -0.25) is 14.4 Å². The lowest BCUT2D eigenvalue weighted by Gasteiger charge is -2.39. The Morgan fingerprint density at radius 2 is 1.64 bits per heavy atom. The Kier molecular flexibility index (Phi) is 10.3. The van der Waals surface area contributed by atoms with Crippen LogP contribution in [0.25, 0.3) is 0 Å². The molecule has 0 saturated heterocycles. The zero-order valence-corrected chi connectivity index (χ0v) is 17.1. The van der Waals surface area contributed by atoms with E-state index in [-0.39, 0.29) is 11.8 Å². The molecule has 1 fully saturated rings. The second kappa shape index (κ2) is 12.2. The number of urea groups is 1. The Balaban J connectivity index is 2.60. The number of carbonyl (C=O) groups excluding carboxylic acids is 4. The molecule has 1 atom stereocenters. The standard InChI is InChI=1S/C19H35N5O4/c1-3-4-5-6-12-22-16(26)19(10-8-11-19)17(27)24-14(15(25)21-2)9-7-13-23-18(20)28/h14H,3-13H2,1-2H3,(H,21,25)(H,22,26)(H,24,27)(H3,20,23,28)/t14-/m0/s1. The quantitative estimate of drug-likeness (QED) is 0.228. The minimum Gasteiger partial charge on any atom is -0.357 e. The number of likely N-dealkylation sites (N-methyl/N-ethyl adjacent to an activating group) is 1. The summed E-state index contributed by atoms with van der Waals surface area (Å²) in [6, 6.07) is -1.40. The molecule has 0 spiro atoms. The van der Waals surface area contributed by atoms with Crippen molar-refractivity contribution in [2.24, 2.45) is 11.1 Å². The van der Waals surface area contributed by atoms with E-state index >= 15 is 0 Å². The third kappa shape index (κ3) is 7.01. The van der Waals surface area contributed by atoms with Crippen LogP contribution >= 0.6 is 0 Å². The fraction of sp³-hybridized carbons (Fsp3) is 0.789. The maximum absolute atomic E-state index is 12.9. The van der Waals surface area contributed by atoms with Gasteiger partial charge in [0.05, 0.1) is 0 Å². The highest BCUT2D eigenvalue weighted by Gasteiger charge is 2.51. The van der Waals surface area contributed by atoms with Gasteiger partial charge in [0.1, 0.15) is 11.5 Å². The van der Waals surface area contributed by atoms with Crippen LogP contribution in [0.4, 0.5) is 4.79 Å². The highest BCUT2D eigenvalue weighted by Crippen LogP contribution is 2.41. The zero-order valence-electron chi connectivity index (χ0n) is 17.1. The number of hydrogen-bond donors (Lipinski definition) is 5. The average molecular weight is 398 g/mol. The maximum Gasteiger partial charge on any atom is 0.312 e. The maximum atomic E-state index is 12.9. The number of rotatable bonds is 13. The molecule has 0 unspecified atom stereocenters. The van der Waals surface area contributed by atoms with Crippen LogP contribution in [0.15, 0.2) is 0 Å². The van der Waals surface area contributed by atoms with Crippen molar-refractivity contribution in [3.63, 3.8) is 0 Å². The Morgan fingerprint density at radius 1 is 0.964 bits per heavy atom. The number of amides is 5. The predicted molar refractivity (Wildman–Crippen MR) is 106 cm³/mol. The molecule has 1 aliphatic carbocycles. The van der Waals surface area contributed by atoms with E-state index in [0.717, 1.165) is 32.1 Å². The molecule has 0 aromatic rings. The topological polar surface area (TPSA) is 142 Å². The summed E-state index contributed by atoms with van der Waals surface area (Å²) in [4.78, 5) is 48.3. The largest absolute Gasteiger partial charge is 0.357 e. The second-order valence-corrected chi connectivity index (χ2v) is 7.33. The zero-order chi connectivity index (χ0) is 21.0. The molecule has 5 amide bonds. The van der Waals surface area contributed by atoms with E-state index in [1.165, 1.54) is 7.05 Å². The molecule has 9 nitrogen and oxygen atoms in total. The molecule has 0 radical (unpaired) electrons. The lowest BCUT2D eigenvalue weighted by Crippen LogP contribution is -2.59. The minimum absolute atomic E-state index is 0.251. The van der Waals surface area contributed by atoms with E-state index in [1.807, 2.05) is 0 Å². The summed E-state index contributed by atoms with van der Waals surface area (Å²) in [7, 11) is 1.49. The van der Waals surface area contributed by atoms with Gasteiger partial charge < -0.3 is 27.0 Å². The molecule has 28 heavy (non-hydrogen) atoms. The molecular weight excluding hydrogens is 362 g/mol. The number of nitrogens with one attached hydrogen (secondary N) is 4. The summed E-state index contributed by atoms with van der Waals surface area (Å²) in [6.45, 7) is 2.99. The van der Waals surface area contributed by atoms with Gasteiger partial charge in [-0.2, -0.15) is 0 Å². The van der Waals surface area contributed by atoms with Gasteiger partial charge >= 0.3 is 6.03 Å². The highest BCUT2D eigenvalue weighted by atomic mass is 16.2. The number of unbranched alkanes of at least 4 members (excludes halogenated alkanes) is 3. The normalized spacial score (nSPS) is 15.6. The second-order valence-electron chi connectivity index (χ2n) is 7.33. The van der Waals surface area contributed by atoms with Gasteiger partial charge in [-0.15, -0.1) is 0 Å². The molecule has 6 N–H and O–H groups in total. The first kappa shape index (κ1) is 23.7. The summed E-state index contributed by atoms with van der Waals surface area (Å²) >= 11 is 0. The molecule has 0 aromatic heterocycles. The highest BCUT2D eigenvalue weighted by molar-refractivity contribution is 6.07. The summed E-state index contributed by atoms with van der Waals surface area (Å²) in [5.74, 6) is -0.984. The third-order valence-electron chi connectivity index (χ3n) is 5.23. The molecule has 1 aliphatic rings. The summed E-state index contributed by atoms with van der Waals surface area (Å²) in [6.07, 6.45) is 6.78. The molecule has 1 saturated carbocycles. The van der Waals surface area contributed by atoms with Crippen LogP contribution in [0, 0.1) is 5.41 Å². The Labute approximate surface area is 166 Å². The van der Waals surface area contributed by atoms with Crippen LogP contribution < -0.4 is 27.0 Å². The monoisotopic (exact) mass is 397 g/mol. The van der Waals surface area contributed by atoms with Crippen molar-refractivity contribution in [1.82, 2.24) is 21.3 Å². The number of hydrogen-bond acceptors (Lipinski definition) is 4. The van der Waals surface area contributed by atoms with E-state index in [1.54, 1.807) is 0 Å². The van der Waals surface area contributed by atoms with Crippen molar-refractivity contribution in [2.45, 2.75) is 70.8 Å². The van der Waals surface area contributed by atoms with Gasteiger partial charge in [-0.1, -0.05) is 32.6 Å². The Bertz CT molecular complexity index is 548. The molecule has 0 aliphatic heterocycles. The summed E-state index contributed by atoms with van der Waals surface area (Å²) in [5, 5.41) is 10.6. The van der Waals surface area contributed by atoms with Gasteiger partial charge in [0, 0.05) is 20.1 Å². The van der Waals surface area contributed by atoms with Crippen molar-refractivity contribution >= 4 is 23.8 Å². The Morgan fingerprint density at radius 3 is 2.18 bits per heavy atom. The molecule has 1 rings (SSSR count). The number of nitrogens with two attached hydrogens (primary N) is 1. The lowest BCUT2D eigenvalue weighted by atomic mass is 9.67. The molecule has 9 heteroatoms. The van der Waals surface area contributed by atoms with E-state index in [2.05, 4.69) is 28.2 Å². The van der Waals surface area contributed by atoms with Crippen molar-refractivity contribution in [1.29, 1.82) is 0 Å². The molecule has 0 heterocycles. The molecule has 160 valence electrons. The SMILES string of the molecule is CCCCCCNC(=O)C1(C(=O)N[C@@H](CCCNC(N)=O)C(=O)NC)CCC1. The van der Waals surface area contributed by atoms with Gasteiger partial charge in [-0.05, 0) is 32.1 Å². The van der Waals surface area contributed by atoms with Crippen LogP contribution in [0.3, 0.4) is 0 Å².